The summed E-state index contributed by atoms with van der Waals surface area (Å²) < 4.78 is 42.5. The molecule has 5 rings (SSSR count). The van der Waals surface area contributed by atoms with Crippen molar-refractivity contribution in [2.24, 2.45) is 0 Å². The monoisotopic (exact) mass is 483 g/mol. The number of hydrogen-bond donors (Lipinski definition) is 1. The number of hydrogen-bond acceptors (Lipinski definition) is 4. The molecule has 5 aromatic rings. The van der Waals surface area contributed by atoms with Crippen molar-refractivity contribution in [1.82, 2.24) is 9.97 Å². The van der Waals surface area contributed by atoms with Gasteiger partial charge in [0.15, 0.2) is 17.4 Å². The predicted molar refractivity (Wildman–Crippen MR) is 129 cm³/mol. The lowest BCUT2D eigenvalue weighted by atomic mass is 9.99. The Bertz CT molecular complexity index is 1640. The molecule has 0 atom stereocenters. The number of rotatable bonds is 5. The molecule has 5 nitrogen and oxygen atoms in total. The first-order valence-electron chi connectivity index (χ1n) is 10.8. The van der Waals surface area contributed by atoms with Gasteiger partial charge in [-0.15, -0.1) is 0 Å². The zero-order valence-electron chi connectivity index (χ0n) is 18.5. The van der Waals surface area contributed by atoms with E-state index in [-0.39, 0.29) is 16.8 Å². The molecule has 1 N–H and O–H groups in total. The lowest BCUT2D eigenvalue weighted by Crippen LogP contribution is -2.14. The van der Waals surface area contributed by atoms with Crippen LogP contribution in [0.25, 0.3) is 22.0 Å². The number of carbonyl (C=O) groups is 2. The maximum Gasteiger partial charge on any atom is 0.255 e. The van der Waals surface area contributed by atoms with Gasteiger partial charge in [0.05, 0.1) is 11.1 Å². The van der Waals surface area contributed by atoms with Crippen molar-refractivity contribution in [3.05, 3.63) is 126 Å². The van der Waals surface area contributed by atoms with Gasteiger partial charge in [-0.05, 0) is 54.6 Å². The van der Waals surface area contributed by atoms with Crippen LogP contribution in [-0.4, -0.2) is 21.7 Å². The molecule has 0 radical (unpaired) electrons. The Morgan fingerprint density at radius 2 is 1.64 bits per heavy atom. The van der Waals surface area contributed by atoms with Gasteiger partial charge in [0.2, 0.25) is 0 Å². The van der Waals surface area contributed by atoms with Crippen LogP contribution in [0, 0.1) is 17.5 Å². The number of ketones is 1. The summed E-state index contributed by atoms with van der Waals surface area (Å²) in [6, 6.07) is 16.8. The molecule has 8 heteroatoms. The number of nitrogens with one attached hydrogen (secondary N) is 1. The largest absolute Gasteiger partial charge is 0.322 e. The van der Waals surface area contributed by atoms with Gasteiger partial charge in [-0.2, -0.15) is 0 Å². The first kappa shape index (κ1) is 22.9. The fourth-order valence-electron chi connectivity index (χ4n) is 3.78. The molecule has 2 aromatic heterocycles. The first-order valence-corrected chi connectivity index (χ1v) is 10.8. The van der Waals surface area contributed by atoms with E-state index in [1.54, 1.807) is 36.8 Å². The third-order valence-electron chi connectivity index (χ3n) is 5.56. The van der Waals surface area contributed by atoms with Crippen LogP contribution in [-0.2, 0) is 0 Å². The Kier molecular flexibility index (Phi) is 6.00. The number of pyridine rings is 2. The number of carbonyl (C=O) groups excluding carboxylic acids is 2. The minimum Gasteiger partial charge on any atom is -0.322 e. The van der Waals surface area contributed by atoms with Crippen LogP contribution in [0.1, 0.15) is 26.3 Å². The summed E-state index contributed by atoms with van der Waals surface area (Å²) in [7, 11) is 0. The Morgan fingerprint density at radius 3 is 2.42 bits per heavy atom. The van der Waals surface area contributed by atoms with Gasteiger partial charge < -0.3 is 5.32 Å². The van der Waals surface area contributed by atoms with E-state index >= 15 is 0 Å². The summed E-state index contributed by atoms with van der Waals surface area (Å²) in [4.78, 5) is 34.1. The number of halogens is 3. The molecule has 1 amide bonds. The van der Waals surface area contributed by atoms with Crippen LogP contribution in [0.5, 0.6) is 0 Å². The maximum atomic E-state index is 14.7. The fraction of sp³-hybridized carbons (Fsp3) is 0. The number of aromatic nitrogens is 2. The lowest BCUT2D eigenvalue weighted by molar-refractivity contribution is 0.101. The number of nitrogens with zero attached hydrogens (tertiary/aromatic N) is 2. The highest BCUT2D eigenvalue weighted by molar-refractivity contribution is 6.12. The van der Waals surface area contributed by atoms with Gasteiger partial charge in [0.25, 0.3) is 5.91 Å². The molecule has 0 aliphatic heterocycles. The highest BCUT2D eigenvalue weighted by Crippen LogP contribution is 2.26. The summed E-state index contributed by atoms with van der Waals surface area (Å²) in [6.45, 7) is 0. The minimum atomic E-state index is -1.34. The maximum absolute atomic E-state index is 14.7. The van der Waals surface area contributed by atoms with Crippen LogP contribution in [0.4, 0.5) is 18.9 Å². The van der Waals surface area contributed by atoms with E-state index < -0.39 is 34.7 Å². The van der Waals surface area contributed by atoms with Crippen molar-refractivity contribution < 1.29 is 22.8 Å². The Hall–Kier alpha value is -4.85. The highest BCUT2D eigenvalue weighted by atomic mass is 19.2. The molecule has 0 aliphatic rings. The summed E-state index contributed by atoms with van der Waals surface area (Å²) in [6.07, 6.45) is 5.01. The van der Waals surface area contributed by atoms with E-state index in [1.165, 1.54) is 24.3 Å². The fourth-order valence-corrected chi connectivity index (χ4v) is 3.78. The summed E-state index contributed by atoms with van der Waals surface area (Å²) in [5, 5.41) is 3.00. The molecular formula is C28H16F3N3O2. The average Bonchev–Trinajstić information content (AvgIpc) is 2.90. The standard InChI is InChI=1S/C28H16F3N3O2/c29-21-5-1-3-17(11-21)28(36)34-22-12-23(26(31)24(30)13-22)27(35)16-6-7-25-19(9-16)10-20(15-33-25)18-4-2-8-32-14-18/h1-15H,(H,34,36). The van der Waals surface area contributed by atoms with Gasteiger partial charge in [0, 0.05) is 58.0 Å². The highest BCUT2D eigenvalue weighted by Gasteiger charge is 2.20. The van der Waals surface area contributed by atoms with E-state index in [9.17, 15) is 22.8 Å². The Balaban J connectivity index is 1.48. The van der Waals surface area contributed by atoms with Crippen molar-refractivity contribution in [3.8, 4) is 11.1 Å². The van der Waals surface area contributed by atoms with Gasteiger partial charge >= 0.3 is 0 Å². The van der Waals surface area contributed by atoms with Crippen molar-refractivity contribution in [3.63, 3.8) is 0 Å². The molecule has 176 valence electrons. The minimum absolute atomic E-state index is 0.0148. The van der Waals surface area contributed by atoms with Crippen LogP contribution < -0.4 is 5.32 Å². The molecule has 0 saturated carbocycles. The summed E-state index contributed by atoms with van der Waals surface area (Å²) >= 11 is 0. The van der Waals surface area contributed by atoms with Crippen LogP contribution in [0.2, 0.25) is 0 Å². The van der Waals surface area contributed by atoms with Gasteiger partial charge in [-0.1, -0.05) is 12.1 Å². The first-order chi connectivity index (χ1) is 17.4. The van der Waals surface area contributed by atoms with Crippen LogP contribution in [0.3, 0.4) is 0 Å². The number of amides is 1. The summed E-state index contributed by atoms with van der Waals surface area (Å²) in [5.41, 5.74) is 1.62. The zero-order chi connectivity index (χ0) is 25.2. The van der Waals surface area contributed by atoms with Crippen LogP contribution in [0.15, 0.2) is 91.4 Å². The second-order valence-corrected chi connectivity index (χ2v) is 7.99. The molecule has 0 spiro atoms. The van der Waals surface area contributed by atoms with E-state index in [0.29, 0.717) is 10.9 Å². The van der Waals surface area contributed by atoms with Gasteiger partial charge in [-0.25, -0.2) is 13.2 Å². The molecule has 0 saturated heterocycles. The van der Waals surface area contributed by atoms with E-state index in [4.69, 9.17) is 0 Å². The lowest BCUT2D eigenvalue weighted by Gasteiger charge is -2.10. The molecule has 0 aliphatic carbocycles. The number of benzene rings is 3. The van der Waals surface area contributed by atoms with E-state index in [1.807, 2.05) is 12.1 Å². The second kappa shape index (κ2) is 9.42. The molecule has 0 bridgehead atoms. The molecule has 2 heterocycles. The molecule has 0 unspecified atom stereocenters. The SMILES string of the molecule is O=C(Nc1cc(F)c(F)c(C(=O)c2ccc3ncc(-c4cccnc4)cc3c2)c1)c1cccc(F)c1. The molecule has 0 fully saturated rings. The predicted octanol–water partition coefficient (Wildman–Crippen LogP) is 6.20. The number of anilines is 1. The molecule has 36 heavy (non-hydrogen) atoms. The molecule has 3 aromatic carbocycles. The van der Waals surface area contributed by atoms with Gasteiger partial charge in [-0.3, -0.25) is 19.6 Å². The van der Waals surface area contributed by atoms with Crippen molar-refractivity contribution in [2.75, 3.05) is 5.32 Å². The van der Waals surface area contributed by atoms with Crippen LogP contribution >= 0.6 is 0 Å². The topological polar surface area (TPSA) is 72.0 Å². The Labute approximate surface area is 203 Å². The van der Waals surface area contributed by atoms with E-state index in [0.717, 1.165) is 29.3 Å². The third-order valence-corrected chi connectivity index (χ3v) is 5.56. The number of fused-ring (bicyclic) bond motifs is 1. The van der Waals surface area contributed by atoms with Crippen molar-refractivity contribution in [1.29, 1.82) is 0 Å². The third kappa shape index (κ3) is 4.56. The van der Waals surface area contributed by atoms with E-state index in [2.05, 4.69) is 15.3 Å². The quantitative estimate of drug-likeness (QED) is 0.302. The molecular weight excluding hydrogens is 467 g/mol. The zero-order valence-corrected chi connectivity index (χ0v) is 18.5. The smallest absolute Gasteiger partial charge is 0.255 e. The normalized spacial score (nSPS) is 10.9. The average molecular weight is 483 g/mol. The van der Waals surface area contributed by atoms with Crippen molar-refractivity contribution >= 4 is 28.3 Å². The Morgan fingerprint density at radius 1 is 0.778 bits per heavy atom. The van der Waals surface area contributed by atoms with Gasteiger partial charge in [0.1, 0.15) is 5.82 Å². The second-order valence-electron chi connectivity index (χ2n) is 7.99. The van der Waals surface area contributed by atoms with Crippen molar-refractivity contribution in [2.45, 2.75) is 0 Å². The summed E-state index contributed by atoms with van der Waals surface area (Å²) in [5.74, 6) is -4.79.